The third-order valence-corrected chi connectivity index (χ3v) is 11.7. The molecule has 5 heteroatoms. The maximum absolute atomic E-state index is 9.47. The first-order chi connectivity index (χ1) is 27.7. The van der Waals surface area contributed by atoms with Crippen molar-refractivity contribution >= 4 is 95.3 Å². The van der Waals surface area contributed by atoms with Gasteiger partial charge in [0.05, 0.1) is 9.60 Å². The summed E-state index contributed by atoms with van der Waals surface area (Å²) >= 11 is 3.39. The van der Waals surface area contributed by atoms with Gasteiger partial charge in [-0.05, 0) is 62.6 Å². The zero-order valence-corrected chi connectivity index (χ0v) is 27.7. The van der Waals surface area contributed by atoms with E-state index >= 15 is 0 Å². The molecule has 0 aliphatic rings. The van der Waals surface area contributed by atoms with E-state index in [2.05, 4.69) is 60.7 Å². The van der Waals surface area contributed by atoms with E-state index in [1.807, 2.05) is 48.5 Å². The van der Waals surface area contributed by atoms with Crippen molar-refractivity contribution < 1.29 is 9.60 Å². The van der Waals surface area contributed by atoms with Gasteiger partial charge >= 0.3 is 0 Å². The molecule has 0 aliphatic heterocycles. The Hall–Kier alpha value is -6.01. The van der Waals surface area contributed by atoms with Crippen LogP contribution in [0.25, 0.3) is 107 Å². The Morgan fingerprint density at radius 2 is 0.920 bits per heavy atom. The molecule has 50 heavy (non-hydrogen) atoms. The fraction of sp³-hybridized carbons (Fsp3) is 0. The van der Waals surface area contributed by atoms with Gasteiger partial charge in [0.1, 0.15) is 0 Å². The van der Waals surface area contributed by atoms with Crippen LogP contribution in [0.3, 0.4) is 0 Å². The van der Waals surface area contributed by atoms with Crippen LogP contribution in [0.4, 0.5) is 0 Å². The predicted octanol–water partition coefficient (Wildman–Crippen LogP) is 13.1. The Balaban J connectivity index is 1.32. The number of benzene rings is 8. The number of rotatable bonds is 3. The van der Waals surface area contributed by atoms with Crippen molar-refractivity contribution in [3.05, 3.63) is 151 Å². The smallest absolute Gasteiger partial charge is 0.164 e. The van der Waals surface area contributed by atoms with E-state index in [1.54, 1.807) is 22.7 Å². The Bertz CT molecular complexity index is 3410. The van der Waals surface area contributed by atoms with E-state index in [-0.39, 0.29) is 28.2 Å². The highest BCUT2D eigenvalue weighted by Gasteiger charge is 2.22. The molecule has 0 saturated carbocycles. The van der Waals surface area contributed by atoms with Crippen molar-refractivity contribution in [2.75, 3.05) is 0 Å². The Labute approximate surface area is 304 Å². The summed E-state index contributed by atoms with van der Waals surface area (Å²) in [7, 11) is 0. The van der Waals surface area contributed by atoms with Gasteiger partial charge in [-0.15, -0.1) is 22.7 Å². The van der Waals surface area contributed by atoms with Gasteiger partial charge in [0.2, 0.25) is 0 Å². The lowest BCUT2D eigenvalue weighted by Gasteiger charge is -2.13. The van der Waals surface area contributed by atoms with Gasteiger partial charge in [0.15, 0.2) is 17.5 Å². The van der Waals surface area contributed by atoms with Crippen LogP contribution < -0.4 is 0 Å². The molecule has 0 fully saturated rings. The van der Waals surface area contributed by atoms with E-state index in [1.165, 1.54) is 0 Å². The van der Waals surface area contributed by atoms with Gasteiger partial charge in [-0.1, -0.05) is 121 Å². The molecular weight excluding hydrogens is 647 g/mol. The number of thiophene rings is 2. The first kappa shape index (κ1) is 21.9. The molecule has 0 amide bonds. The van der Waals surface area contributed by atoms with E-state index in [0.29, 0.717) is 11.6 Å². The minimum absolute atomic E-state index is 0.0329. The summed E-state index contributed by atoms with van der Waals surface area (Å²) in [4.78, 5) is 15.4. The molecule has 0 atom stereocenters. The summed E-state index contributed by atoms with van der Waals surface area (Å²) in [5, 5.41) is 7.84. The topological polar surface area (TPSA) is 38.7 Å². The van der Waals surface area contributed by atoms with Gasteiger partial charge in [-0.2, -0.15) is 0 Å². The maximum atomic E-state index is 9.47. The van der Waals surface area contributed by atoms with Crippen LogP contribution in [0.2, 0.25) is 0 Å². The first-order valence-electron chi connectivity index (χ1n) is 19.6. The Morgan fingerprint density at radius 1 is 0.440 bits per heavy atom. The molecule has 0 aliphatic carbocycles. The molecule has 0 radical (unpaired) electrons. The quantitative estimate of drug-likeness (QED) is 0.187. The first-order valence-corrected chi connectivity index (χ1v) is 17.8. The number of fused-ring (bicyclic) bond motifs is 11. The third kappa shape index (κ3) is 4.18. The molecule has 0 N–H and O–H groups in total. The van der Waals surface area contributed by atoms with E-state index in [0.717, 1.165) is 73.0 Å². The van der Waals surface area contributed by atoms with Crippen molar-refractivity contribution in [1.29, 1.82) is 0 Å². The molecule has 0 saturated heterocycles. The molecule has 11 aromatic rings. The normalized spacial score (nSPS) is 14.0. The lowest BCUT2D eigenvalue weighted by Crippen LogP contribution is -2.01. The minimum Gasteiger partial charge on any atom is -0.208 e. The Morgan fingerprint density at radius 3 is 1.50 bits per heavy atom. The van der Waals surface area contributed by atoms with Crippen LogP contribution in [0.1, 0.15) is 9.60 Å². The largest absolute Gasteiger partial charge is 0.208 e. The third-order valence-electron chi connectivity index (χ3n) is 9.33. The van der Waals surface area contributed by atoms with Crippen LogP contribution >= 0.6 is 22.7 Å². The van der Waals surface area contributed by atoms with Gasteiger partial charge in [0.25, 0.3) is 0 Å². The lowest BCUT2D eigenvalue weighted by molar-refractivity contribution is 1.08. The van der Waals surface area contributed by atoms with Crippen molar-refractivity contribution in [1.82, 2.24) is 15.0 Å². The molecular formula is C45H25N3S2. The second kappa shape index (κ2) is 10.7. The molecule has 3 nitrogen and oxygen atoms in total. The second-order valence-corrected chi connectivity index (χ2v) is 14.3. The van der Waals surface area contributed by atoms with Gasteiger partial charge in [0, 0.05) is 57.0 Å². The van der Waals surface area contributed by atoms with Crippen molar-refractivity contribution in [2.45, 2.75) is 0 Å². The monoisotopic (exact) mass is 678 g/mol. The van der Waals surface area contributed by atoms with Crippen molar-refractivity contribution in [2.24, 2.45) is 0 Å². The molecule has 3 heterocycles. The van der Waals surface area contributed by atoms with E-state index < -0.39 is 36.3 Å². The summed E-state index contributed by atoms with van der Waals surface area (Å²) in [6, 6.07) is 33.8. The number of hydrogen-bond acceptors (Lipinski definition) is 5. The van der Waals surface area contributed by atoms with Gasteiger partial charge in [-0.3, -0.25) is 0 Å². The predicted molar refractivity (Wildman–Crippen MR) is 214 cm³/mol. The number of hydrogen-bond donors (Lipinski definition) is 0. The molecule has 8 aromatic carbocycles. The fourth-order valence-corrected chi connectivity index (χ4v) is 9.62. The summed E-state index contributed by atoms with van der Waals surface area (Å²) in [5.74, 6) is 0.598. The molecule has 0 bridgehead atoms. The molecule has 3 aromatic heterocycles. The van der Waals surface area contributed by atoms with Crippen molar-refractivity contribution in [3.63, 3.8) is 0 Å². The number of nitrogens with zero attached hydrogens (tertiary/aromatic N) is 3. The van der Waals surface area contributed by atoms with Crippen molar-refractivity contribution in [3.8, 4) is 34.2 Å². The fourth-order valence-electron chi connectivity index (χ4n) is 7.09. The summed E-state index contributed by atoms with van der Waals surface area (Å²) in [6.07, 6.45) is 0. The van der Waals surface area contributed by atoms with Crippen LogP contribution in [-0.2, 0) is 0 Å². The molecule has 0 spiro atoms. The average molecular weight is 679 g/mol. The van der Waals surface area contributed by atoms with Crippen LogP contribution in [-0.4, -0.2) is 15.0 Å². The van der Waals surface area contributed by atoms with Gasteiger partial charge < -0.3 is 0 Å². The average Bonchev–Trinajstić information content (AvgIpc) is 3.83. The van der Waals surface area contributed by atoms with E-state index in [9.17, 15) is 2.74 Å². The van der Waals surface area contributed by atoms with E-state index in [4.69, 9.17) is 21.8 Å². The zero-order valence-electron chi connectivity index (χ0n) is 33.1. The maximum Gasteiger partial charge on any atom is 0.164 e. The van der Waals surface area contributed by atoms with Crippen LogP contribution in [0.15, 0.2) is 151 Å². The Kier molecular flexibility index (Phi) is 4.70. The second-order valence-electron chi connectivity index (χ2n) is 12.2. The lowest BCUT2D eigenvalue weighted by atomic mass is 9.98. The highest BCUT2D eigenvalue weighted by Crippen LogP contribution is 2.46. The highest BCUT2D eigenvalue weighted by molar-refractivity contribution is 7.27. The zero-order chi connectivity index (χ0) is 38.9. The van der Waals surface area contributed by atoms with Gasteiger partial charge in [-0.25, -0.2) is 15.0 Å². The molecule has 11 rings (SSSR count). The summed E-state index contributed by atoms with van der Waals surface area (Å²) in [6.45, 7) is 0. The molecule has 232 valence electrons. The van der Waals surface area contributed by atoms with Crippen LogP contribution in [0, 0.1) is 0 Å². The summed E-state index contributed by atoms with van der Waals surface area (Å²) in [5.41, 5.74) is 1.37. The minimum atomic E-state index is -0.524. The van der Waals surface area contributed by atoms with Crippen LogP contribution in [0.5, 0.6) is 0 Å². The number of aromatic nitrogens is 3. The highest BCUT2D eigenvalue weighted by atomic mass is 32.1. The SMILES string of the molecule is [2H]c1c([2H])c([2H])c2c([2H])c(-c3nc(-c4cc5ccccc5c5sc6ccccc6c45)nc(-c4cc5ccccc5c5sc6ccccc6c45)n3)c([2H])c([2H])c2c1[2H]. The standard InChI is InChI=1S/C45H25N3S2/c1-2-12-27-23-30(22-21-26(27)11-1)43-46-44(35-24-28-13-3-5-15-31(28)41-39(35)33-17-7-9-19-37(33)49-41)48-45(47-43)36-25-29-14-4-6-16-32(29)42-40(36)34-18-8-10-20-38(34)50-42/h1-25H/i1D,2D,11D,12D,21D,22D,23D. The molecule has 0 unspecified atom stereocenters. The summed E-state index contributed by atoms with van der Waals surface area (Å²) < 4.78 is 66.2.